The van der Waals surface area contributed by atoms with Crippen molar-refractivity contribution in [3.05, 3.63) is 23.8 Å². The average Bonchev–Trinajstić information content (AvgIpc) is 3.10. The molecule has 7 nitrogen and oxygen atoms in total. The second-order valence-corrected chi connectivity index (χ2v) is 7.17. The average molecular weight is 384 g/mol. The first-order chi connectivity index (χ1) is 12.2. The van der Waals surface area contributed by atoms with Crippen LogP contribution in [-0.4, -0.2) is 40.6 Å². The number of alkyl halides is 3. The van der Waals surface area contributed by atoms with E-state index in [1.807, 2.05) is 0 Å². The first-order valence-corrected chi connectivity index (χ1v) is 8.86. The van der Waals surface area contributed by atoms with E-state index in [0.29, 0.717) is 16.3 Å². The van der Waals surface area contributed by atoms with Crippen LogP contribution in [0, 0.1) is 5.41 Å². The van der Waals surface area contributed by atoms with Gasteiger partial charge in [0.2, 0.25) is 0 Å². The molecule has 3 aromatic rings. The first-order valence-electron chi connectivity index (χ1n) is 7.54. The highest BCUT2D eigenvalue weighted by atomic mass is 32.2. The Bertz CT molecular complexity index is 994. The van der Waals surface area contributed by atoms with Crippen LogP contribution in [0.15, 0.2) is 17.3 Å². The summed E-state index contributed by atoms with van der Waals surface area (Å²) < 4.78 is 54.2. The van der Waals surface area contributed by atoms with Crippen LogP contribution in [-0.2, 0) is 31.4 Å². The van der Waals surface area contributed by atoms with Crippen molar-refractivity contribution in [2.75, 3.05) is 5.75 Å². The highest BCUT2D eigenvalue weighted by molar-refractivity contribution is 7.91. The fourth-order valence-corrected chi connectivity index (χ4v) is 3.65. The molecule has 0 saturated heterocycles. The summed E-state index contributed by atoms with van der Waals surface area (Å²) in [6.45, 7) is 1.74. The van der Waals surface area contributed by atoms with Crippen molar-refractivity contribution < 1.29 is 17.7 Å². The fraction of sp³-hybridized carbons (Fsp3) is 0.333. The van der Waals surface area contributed by atoms with Gasteiger partial charge in [-0.3, -0.25) is 4.57 Å². The van der Waals surface area contributed by atoms with Gasteiger partial charge in [0.1, 0.15) is 11.4 Å². The molecule has 3 rings (SSSR count). The molecule has 3 heterocycles. The molecule has 1 unspecified atom stereocenters. The zero-order chi connectivity index (χ0) is 19.2. The van der Waals surface area contributed by atoms with Gasteiger partial charge in [0, 0.05) is 25.3 Å². The Morgan fingerprint density at radius 3 is 2.54 bits per heavy atom. The van der Waals surface area contributed by atoms with Crippen LogP contribution in [0.4, 0.5) is 13.2 Å². The minimum absolute atomic E-state index is 0.111. The number of nitrogens with zero attached hydrogens (tertiary/aromatic N) is 5. The van der Waals surface area contributed by atoms with Crippen LogP contribution in [0.5, 0.6) is 0 Å². The molecule has 0 spiro atoms. The number of fused-ring (bicyclic) bond motifs is 1. The number of imidazole rings is 2. The van der Waals surface area contributed by atoms with E-state index in [4.69, 9.17) is 5.41 Å². The lowest BCUT2D eigenvalue weighted by molar-refractivity contribution is -0.141. The molecule has 26 heavy (non-hydrogen) atoms. The van der Waals surface area contributed by atoms with E-state index in [2.05, 4.69) is 15.0 Å². The summed E-state index contributed by atoms with van der Waals surface area (Å²) in [5.41, 5.74) is -0.255. The third-order valence-corrected chi connectivity index (χ3v) is 5.38. The van der Waals surface area contributed by atoms with E-state index in [1.54, 1.807) is 25.6 Å². The van der Waals surface area contributed by atoms with Crippen LogP contribution < -0.4 is 0 Å². The first kappa shape index (κ1) is 18.4. The summed E-state index contributed by atoms with van der Waals surface area (Å²) in [7, 11) is 3.25. The lowest BCUT2D eigenvalue weighted by Crippen LogP contribution is -2.12. The Morgan fingerprint density at radius 2 is 1.96 bits per heavy atom. The third kappa shape index (κ3) is 2.86. The molecule has 0 aromatic carbocycles. The minimum atomic E-state index is -4.57. The Hall–Kier alpha value is -2.40. The Labute approximate surface area is 149 Å². The van der Waals surface area contributed by atoms with Gasteiger partial charge in [0.05, 0.1) is 23.4 Å². The molecular formula is C15H15F3N6OS. The molecule has 11 heteroatoms. The number of aromatic nitrogens is 5. The van der Waals surface area contributed by atoms with Gasteiger partial charge in [-0.15, -0.1) is 0 Å². The topological polar surface area (TPSA) is 95.4 Å². The number of hydrogen-bond donors (Lipinski definition) is 1. The number of rotatable bonds is 4. The van der Waals surface area contributed by atoms with E-state index in [0.717, 1.165) is 18.5 Å². The highest BCUT2D eigenvalue weighted by Crippen LogP contribution is 2.32. The van der Waals surface area contributed by atoms with Gasteiger partial charge in [0.25, 0.3) is 5.03 Å². The molecule has 1 N–H and O–H groups in total. The van der Waals surface area contributed by atoms with E-state index in [1.165, 1.54) is 4.57 Å². The Kier molecular flexibility index (Phi) is 4.53. The van der Waals surface area contributed by atoms with E-state index >= 15 is 0 Å². The molecule has 0 bridgehead atoms. The predicted octanol–water partition coefficient (Wildman–Crippen LogP) is 2.51. The molecule has 138 valence electrons. The van der Waals surface area contributed by atoms with E-state index in [-0.39, 0.29) is 22.9 Å². The summed E-state index contributed by atoms with van der Waals surface area (Å²) in [5, 5.41) is 7.81. The van der Waals surface area contributed by atoms with Gasteiger partial charge in [-0.2, -0.15) is 13.2 Å². The number of aryl methyl sites for hydroxylation is 1. The third-order valence-electron chi connectivity index (χ3n) is 3.95. The Morgan fingerprint density at radius 1 is 1.27 bits per heavy atom. The Balaban J connectivity index is 2.26. The standard InChI is InChI=1S/C15H15F3N6OS/c1-4-26(25)14-12(22-11(6-19)24(14)3)13-21-8-5-10(15(16,17)18)20-7-9(8)23(13)2/h5-7,19H,4H2,1-3H3. The van der Waals surface area contributed by atoms with Crippen LogP contribution in [0.1, 0.15) is 18.4 Å². The lowest BCUT2D eigenvalue weighted by atomic mass is 10.3. The van der Waals surface area contributed by atoms with Gasteiger partial charge < -0.3 is 14.5 Å². The largest absolute Gasteiger partial charge is 0.610 e. The minimum Gasteiger partial charge on any atom is -0.610 e. The maximum atomic E-state index is 12.9. The predicted molar refractivity (Wildman–Crippen MR) is 90.5 cm³/mol. The molecule has 0 aliphatic carbocycles. The molecule has 1 atom stereocenters. The van der Waals surface area contributed by atoms with Crippen LogP contribution in [0.3, 0.4) is 0 Å². The van der Waals surface area contributed by atoms with Crippen LogP contribution >= 0.6 is 0 Å². The molecule has 0 aliphatic heterocycles. The monoisotopic (exact) mass is 384 g/mol. The quantitative estimate of drug-likeness (QED) is 0.552. The van der Waals surface area contributed by atoms with Gasteiger partial charge in [0.15, 0.2) is 17.3 Å². The summed E-state index contributed by atoms with van der Waals surface area (Å²) in [4.78, 5) is 12.0. The van der Waals surface area contributed by atoms with Crippen molar-refractivity contribution in [1.29, 1.82) is 5.41 Å². The molecule has 0 radical (unpaired) electrons. The number of pyridine rings is 1. The summed E-state index contributed by atoms with van der Waals surface area (Å²) in [5.74, 6) is 0.868. The number of nitrogens with one attached hydrogen (secondary N) is 1. The number of halogens is 3. The van der Waals surface area contributed by atoms with Crippen molar-refractivity contribution in [3.8, 4) is 11.5 Å². The molecule has 0 amide bonds. The second kappa shape index (κ2) is 6.40. The van der Waals surface area contributed by atoms with Crippen molar-refractivity contribution in [1.82, 2.24) is 24.1 Å². The summed E-state index contributed by atoms with van der Waals surface area (Å²) in [6.07, 6.45) is -2.45. The zero-order valence-electron chi connectivity index (χ0n) is 14.1. The van der Waals surface area contributed by atoms with E-state index < -0.39 is 23.0 Å². The van der Waals surface area contributed by atoms with Crippen molar-refractivity contribution in [2.45, 2.75) is 18.1 Å². The van der Waals surface area contributed by atoms with Gasteiger partial charge >= 0.3 is 6.18 Å². The highest BCUT2D eigenvalue weighted by Gasteiger charge is 2.34. The van der Waals surface area contributed by atoms with Crippen molar-refractivity contribution in [2.24, 2.45) is 14.1 Å². The van der Waals surface area contributed by atoms with Gasteiger partial charge in [-0.05, 0) is 13.0 Å². The molecule has 0 saturated carbocycles. The summed E-state index contributed by atoms with van der Waals surface area (Å²) in [6, 6.07) is 0.871. The SMILES string of the molecule is CC[S+]([O-])c1c(-c2nc3cc(C(F)(F)F)ncc3n2C)nc(C=N)n1C. The van der Waals surface area contributed by atoms with Gasteiger partial charge in [-0.1, -0.05) is 0 Å². The molecule has 0 aliphatic rings. The smallest absolute Gasteiger partial charge is 0.433 e. The van der Waals surface area contributed by atoms with Crippen LogP contribution in [0.2, 0.25) is 0 Å². The van der Waals surface area contributed by atoms with Gasteiger partial charge in [-0.25, -0.2) is 15.0 Å². The maximum absolute atomic E-state index is 12.9. The number of hydrogen-bond acceptors (Lipinski definition) is 5. The van der Waals surface area contributed by atoms with Crippen molar-refractivity contribution >= 4 is 28.4 Å². The maximum Gasteiger partial charge on any atom is 0.433 e. The fourth-order valence-electron chi connectivity index (χ4n) is 2.63. The molecular weight excluding hydrogens is 369 g/mol. The van der Waals surface area contributed by atoms with E-state index in [9.17, 15) is 17.7 Å². The zero-order valence-corrected chi connectivity index (χ0v) is 14.9. The lowest BCUT2D eigenvalue weighted by Gasteiger charge is -2.10. The second-order valence-electron chi connectivity index (χ2n) is 5.51. The molecule has 3 aromatic heterocycles. The van der Waals surface area contributed by atoms with Crippen molar-refractivity contribution in [3.63, 3.8) is 0 Å². The normalized spacial score (nSPS) is 13.3. The summed E-state index contributed by atoms with van der Waals surface area (Å²) >= 11 is -1.39. The van der Waals surface area contributed by atoms with Crippen LogP contribution in [0.25, 0.3) is 22.6 Å². The molecule has 0 fully saturated rings.